The molecule has 0 heterocycles. The molecule has 5 nitrogen and oxygen atoms in total. The van der Waals surface area contributed by atoms with Crippen LogP contribution >= 0.6 is 0 Å². The van der Waals surface area contributed by atoms with Crippen LogP contribution in [0.2, 0.25) is 0 Å². The standard InChI is InChI=1S/C22H31FN2O3/c1-13(2)18-7-6-14(10-19(18)23)15-8-17(9-15)25(4)20(26)16-11-22(3,12-16)24-21(27)28-5/h6-7,10,13,15-17H,8-9,11-12H2,1-5H3,(H,24,27). The number of methoxy groups -OCH3 is 1. The first-order valence-electron chi connectivity index (χ1n) is 10.1. The maximum absolute atomic E-state index is 14.3. The second kappa shape index (κ2) is 7.72. The summed E-state index contributed by atoms with van der Waals surface area (Å²) in [6, 6.07) is 5.78. The fourth-order valence-corrected chi connectivity index (χ4v) is 4.51. The third kappa shape index (κ3) is 4.01. The van der Waals surface area contributed by atoms with Crippen molar-refractivity contribution in [3.63, 3.8) is 0 Å². The van der Waals surface area contributed by atoms with Gasteiger partial charge in [-0.25, -0.2) is 9.18 Å². The van der Waals surface area contributed by atoms with Crippen LogP contribution in [-0.4, -0.2) is 42.6 Å². The van der Waals surface area contributed by atoms with Crippen molar-refractivity contribution in [2.75, 3.05) is 14.2 Å². The summed E-state index contributed by atoms with van der Waals surface area (Å²) in [7, 11) is 3.19. The summed E-state index contributed by atoms with van der Waals surface area (Å²) >= 11 is 0. The van der Waals surface area contributed by atoms with Gasteiger partial charge in [-0.15, -0.1) is 0 Å². The average Bonchev–Trinajstić information content (AvgIpc) is 2.57. The zero-order valence-corrected chi connectivity index (χ0v) is 17.4. The molecule has 0 unspecified atom stereocenters. The number of amides is 2. The molecule has 1 aromatic carbocycles. The number of carbonyl (C=O) groups is 2. The number of hydrogen-bond acceptors (Lipinski definition) is 3. The molecule has 154 valence electrons. The van der Waals surface area contributed by atoms with E-state index in [-0.39, 0.29) is 35.1 Å². The summed E-state index contributed by atoms with van der Waals surface area (Å²) in [6.07, 6.45) is 2.53. The van der Waals surface area contributed by atoms with Crippen LogP contribution in [0.5, 0.6) is 0 Å². The monoisotopic (exact) mass is 390 g/mol. The number of halogens is 1. The molecule has 0 spiro atoms. The van der Waals surface area contributed by atoms with E-state index in [1.165, 1.54) is 7.11 Å². The highest BCUT2D eigenvalue weighted by Crippen LogP contribution is 2.43. The summed E-state index contributed by atoms with van der Waals surface area (Å²) < 4.78 is 18.9. The van der Waals surface area contributed by atoms with Gasteiger partial charge in [0.2, 0.25) is 5.91 Å². The number of rotatable bonds is 5. The van der Waals surface area contributed by atoms with Gasteiger partial charge in [0.05, 0.1) is 7.11 Å². The highest BCUT2D eigenvalue weighted by Gasteiger charge is 2.47. The minimum Gasteiger partial charge on any atom is -0.453 e. The second-order valence-corrected chi connectivity index (χ2v) is 8.99. The fraction of sp³-hybridized carbons (Fsp3) is 0.636. The lowest BCUT2D eigenvalue weighted by atomic mass is 9.68. The third-order valence-corrected chi connectivity index (χ3v) is 6.46. The van der Waals surface area contributed by atoms with Crippen molar-refractivity contribution < 1.29 is 18.7 Å². The Kier molecular flexibility index (Phi) is 5.69. The van der Waals surface area contributed by atoms with E-state index in [0.717, 1.165) is 24.0 Å². The van der Waals surface area contributed by atoms with E-state index in [2.05, 4.69) is 10.1 Å². The Morgan fingerprint density at radius 2 is 1.93 bits per heavy atom. The number of benzene rings is 1. The Balaban J connectivity index is 1.50. The molecule has 0 aromatic heterocycles. The molecule has 2 fully saturated rings. The molecule has 0 radical (unpaired) electrons. The lowest BCUT2D eigenvalue weighted by Crippen LogP contribution is -2.59. The number of carbonyl (C=O) groups excluding carboxylic acids is 2. The summed E-state index contributed by atoms with van der Waals surface area (Å²) in [6.45, 7) is 5.91. The topological polar surface area (TPSA) is 58.6 Å². The van der Waals surface area contributed by atoms with Gasteiger partial charge < -0.3 is 15.0 Å². The maximum atomic E-state index is 14.3. The van der Waals surface area contributed by atoms with E-state index >= 15 is 0 Å². The number of nitrogens with one attached hydrogen (secondary N) is 1. The summed E-state index contributed by atoms with van der Waals surface area (Å²) in [5.74, 6) is 0.424. The third-order valence-electron chi connectivity index (χ3n) is 6.46. The van der Waals surface area contributed by atoms with Crippen LogP contribution in [0.4, 0.5) is 9.18 Å². The van der Waals surface area contributed by atoms with E-state index < -0.39 is 6.09 Å². The molecule has 0 bridgehead atoms. The summed E-state index contributed by atoms with van der Waals surface area (Å²) in [5.41, 5.74) is 1.41. The Morgan fingerprint density at radius 1 is 1.29 bits per heavy atom. The van der Waals surface area contributed by atoms with Crippen LogP contribution in [0.1, 0.15) is 69.4 Å². The molecule has 2 aliphatic carbocycles. The van der Waals surface area contributed by atoms with Crippen LogP contribution < -0.4 is 5.32 Å². The highest BCUT2D eigenvalue weighted by atomic mass is 19.1. The normalized spacial score (nSPS) is 28.9. The van der Waals surface area contributed by atoms with Crippen LogP contribution in [0, 0.1) is 11.7 Å². The van der Waals surface area contributed by atoms with Gasteiger partial charge in [0.25, 0.3) is 0 Å². The predicted octanol–water partition coefficient (Wildman–Crippen LogP) is 4.18. The summed E-state index contributed by atoms with van der Waals surface area (Å²) in [4.78, 5) is 26.0. The average molecular weight is 390 g/mol. The number of nitrogens with zero attached hydrogens (tertiary/aromatic N) is 1. The van der Waals surface area contributed by atoms with Gasteiger partial charge in [0, 0.05) is 24.5 Å². The molecular formula is C22H31FN2O3. The predicted molar refractivity (Wildman–Crippen MR) is 106 cm³/mol. The number of ether oxygens (including phenoxy) is 1. The molecule has 0 atom stereocenters. The van der Waals surface area contributed by atoms with Crippen molar-refractivity contribution in [2.45, 2.75) is 69.9 Å². The van der Waals surface area contributed by atoms with Gasteiger partial charge in [0.1, 0.15) is 5.82 Å². The molecule has 2 amide bonds. The van der Waals surface area contributed by atoms with Crippen LogP contribution in [-0.2, 0) is 9.53 Å². The second-order valence-electron chi connectivity index (χ2n) is 8.99. The lowest BCUT2D eigenvalue weighted by molar-refractivity contribution is -0.143. The molecule has 3 rings (SSSR count). The Bertz CT molecular complexity index is 752. The van der Waals surface area contributed by atoms with Crippen LogP contribution in [0.25, 0.3) is 0 Å². The van der Waals surface area contributed by atoms with E-state index in [4.69, 9.17) is 0 Å². The minimum atomic E-state index is -0.459. The minimum absolute atomic E-state index is 0.0611. The van der Waals surface area contributed by atoms with Crippen LogP contribution in [0.3, 0.4) is 0 Å². The fourth-order valence-electron chi connectivity index (χ4n) is 4.51. The Morgan fingerprint density at radius 3 is 2.46 bits per heavy atom. The van der Waals surface area contributed by atoms with E-state index in [1.54, 1.807) is 6.07 Å². The van der Waals surface area contributed by atoms with Gasteiger partial charge in [-0.05, 0) is 61.6 Å². The largest absolute Gasteiger partial charge is 0.453 e. The SMILES string of the molecule is COC(=O)NC1(C)CC(C(=O)N(C)C2CC(c3ccc(C(C)C)c(F)c3)C2)C1. The molecule has 1 aromatic rings. The molecule has 6 heteroatoms. The quantitative estimate of drug-likeness (QED) is 0.821. The number of hydrogen-bond donors (Lipinski definition) is 1. The zero-order valence-electron chi connectivity index (χ0n) is 17.4. The van der Waals surface area contributed by atoms with Crippen LogP contribution in [0.15, 0.2) is 18.2 Å². The first-order chi connectivity index (χ1) is 13.1. The smallest absolute Gasteiger partial charge is 0.407 e. The van der Waals surface area contributed by atoms with Crippen molar-refractivity contribution in [3.8, 4) is 0 Å². The molecule has 0 saturated heterocycles. The van der Waals surface area contributed by atoms with Crippen molar-refractivity contribution >= 4 is 12.0 Å². The van der Waals surface area contributed by atoms with Gasteiger partial charge in [-0.3, -0.25) is 4.79 Å². The molecule has 0 aliphatic heterocycles. The van der Waals surface area contributed by atoms with Crippen molar-refractivity contribution in [1.82, 2.24) is 10.2 Å². The van der Waals surface area contributed by atoms with Gasteiger partial charge >= 0.3 is 6.09 Å². The first-order valence-corrected chi connectivity index (χ1v) is 10.1. The van der Waals surface area contributed by atoms with Crippen molar-refractivity contribution in [3.05, 3.63) is 35.1 Å². The molecular weight excluding hydrogens is 359 g/mol. The van der Waals surface area contributed by atoms with Crippen molar-refractivity contribution in [2.24, 2.45) is 5.92 Å². The van der Waals surface area contributed by atoms with E-state index in [0.29, 0.717) is 18.8 Å². The Hall–Kier alpha value is -2.11. The summed E-state index contributed by atoms with van der Waals surface area (Å²) in [5, 5.41) is 2.80. The van der Waals surface area contributed by atoms with Crippen molar-refractivity contribution in [1.29, 1.82) is 0 Å². The van der Waals surface area contributed by atoms with Gasteiger partial charge in [-0.1, -0.05) is 26.0 Å². The molecule has 2 aliphatic rings. The van der Waals surface area contributed by atoms with E-state index in [9.17, 15) is 14.0 Å². The van der Waals surface area contributed by atoms with E-state index in [1.807, 2.05) is 44.9 Å². The lowest BCUT2D eigenvalue weighted by Gasteiger charge is -2.48. The molecule has 2 saturated carbocycles. The molecule has 28 heavy (non-hydrogen) atoms. The molecule has 1 N–H and O–H groups in total. The first kappa shape index (κ1) is 20.6. The maximum Gasteiger partial charge on any atom is 0.407 e. The zero-order chi connectivity index (χ0) is 20.6. The number of alkyl carbamates (subject to hydrolysis) is 1. The highest BCUT2D eigenvalue weighted by molar-refractivity contribution is 5.81. The Labute approximate surface area is 166 Å². The van der Waals surface area contributed by atoms with Gasteiger partial charge in [-0.2, -0.15) is 0 Å². The van der Waals surface area contributed by atoms with Gasteiger partial charge in [0.15, 0.2) is 0 Å².